The van der Waals surface area contributed by atoms with E-state index in [1.165, 1.54) is 4.68 Å². The molecule has 2 aromatic carbocycles. The van der Waals surface area contributed by atoms with Crippen molar-refractivity contribution >= 4 is 29.4 Å². The predicted octanol–water partition coefficient (Wildman–Crippen LogP) is 4.94. The minimum Gasteiger partial charge on any atom is -0.497 e. The number of rotatable bonds is 12. The SMILES string of the molecule is COc1ccc(COC(=O)[C@@]2(C)CCCC[C@H]2C(=O)N2CCc3c(Cl)ccc(OCc4nnn(C)c4CO)c3[C@H]2CN2CC3(CC3)CC2=O)c(OC)c1. The third-order valence-electron chi connectivity index (χ3n) is 12.0. The maximum atomic E-state index is 15.1. The molecule has 2 amide bonds. The van der Waals surface area contributed by atoms with Crippen LogP contribution in [0.25, 0.3) is 0 Å². The van der Waals surface area contributed by atoms with Crippen molar-refractivity contribution in [3.05, 3.63) is 63.4 Å². The van der Waals surface area contributed by atoms with E-state index < -0.39 is 23.3 Å². The first-order valence-electron chi connectivity index (χ1n) is 18.4. The molecule has 1 N–H and O–H groups in total. The molecule has 284 valence electrons. The van der Waals surface area contributed by atoms with E-state index >= 15 is 4.79 Å². The number of ether oxygens (including phenoxy) is 4. The number of aliphatic hydroxyl groups excluding tert-OH is 1. The van der Waals surface area contributed by atoms with Crippen molar-refractivity contribution < 1.29 is 38.4 Å². The van der Waals surface area contributed by atoms with Gasteiger partial charge < -0.3 is 33.9 Å². The Morgan fingerprint density at radius 1 is 1.06 bits per heavy atom. The number of fused-ring (bicyclic) bond motifs is 1. The Morgan fingerprint density at radius 2 is 1.87 bits per heavy atom. The van der Waals surface area contributed by atoms with Crippen LogP contribution < -0.4 is 14.2 Å². The minimum atomic E-state index is -1.07. The first-order chi connectivity index (χ1) is 25.5. The summed E-state index contributed by atoms with van der Waals surface area (Å²) in [6.45, 7) is 2.94. The first kappa shape index (κ1) is 37.0. The average Bonchev–Trinajstić information content (AvgIpc) is 3.71. The zero-order valence-corrected chi connectivity index (χ0v) is 31.6. The fourth-order valence-electron chi connectivity index (χ4n) is 8.55. The summed E-state index contributed by atoms with van der Waals surface area (Å²) in [6, 6.07) is 8.35. The van der Waals surface area contributed by atoms with Gasteiger partial charge in [0.05, 0.1) is 43.9 Å². The van der Waals surface area contributed by atoms with Crippen LogP contribution in [0.4, 0.5) is 0 Å². The number of hydrogen-bond donors (Lipinski definition) is 1. The van der Waals surface area contributed by atoms with Crippen LogP contribution in [0.5, 0.6) is 17.2 Å². The molecule has 14 heteroatoms. The standard InChI is InChI=1S/C39H48ClN5O8/c1-38(37(49)53-21-24-8-9-25(50-3)17-33(24)51-4)13-6-5-7-27(38)36(48)45-16-12-26-28(40)10-11-32(52-22-29-31(20-46)43(2)42-41-29)35(26)30(45)19-44-23-39(14-15-39)18-34(44)47/h8-11,17,27,30,46H,5-7,12-16,18-23H2,1-4H3/t27-,30+,38-/m0/s1. The molecule has 3 atom stereocenters. The molecule has 1 saturated heterocycles. The fourth-order valence-corrected chi connectivity index (χ4v) is 8.81. The van der Waals surface area contributed by atoms with Crippen LogP contribution in [0, 0.1) is 16.7 Å². The lowest BCUT2D eigenvalue weighted by Crippen LogP contribution is -2.53. The maximum Gasteiger partial charge on any atom is 0.312 e. The third kappa shape index (κ3) is 7.05. The Balaban J connectivity index is 1.19. The van der Waals surface area contributed by atoms with Crippen LogP contribution in [0.3, 0.4) is 0 Å². The number of hydrogen-bond acceptors (Lipinski definition) is 10. The summed E-state index contributed by atoms with van der Waals surface area (Å²) < 4.78 is 24.7. The average molecular weight is 750 g/mol. The van der Waals surface area contributed by atoms with Gasteiger partial charge in [0.1, 0.15) is 36.2 Å². The number of aromatic nitrogens is 3. The summed E-state index contributed by atoms with van der Waals surface area (Å²) in [6.07, 6.45) is 5.68. The lowest BCUT2D eigenvalue weighted by Gasteiger charge is -2.45. The van der Waals surface area contributed by atoms with Gasteiger partial charge in [0.25, 0.3) is 0 Å². The Bertz CT molecular complexity index is 1890. The molecule has 3 heterocycles. The van der Waals surface area contributed by atoms with E-state index in [4.69, 9.17) is 30.5 Å². The molecule has 0 radical (unpaired) electrons. The van der Waals surface area contributed by atoms with E-state index in [0.717, 1.165) is 36.8 Å². The molecule has 2 saturated carbocycles. The molecule has 7 rings (SSSR count). The fraction of sp³-hybridized carbons (Fsp3) is 0.564. The zero-order valence-electron chi connectivity index (χ0n) is 30.9. The number of carbonyl (C=O) groups is 3. The quantitative estimate of drug-likeness (QED) is 0.253. The second kappa shape index (κ2) is 14.8. The molecule has 0 unspecified atom stereocenters. The number of amides is 2. The Morgan fingerprint density at radius 3 is 2.58 bits per heavy atom. The monoisotopic (exact) mass is 749 g/mol. The molecule has 0 bridgehead atoms. The number of halogens is 1. The van der Waals surface area contributed by atoms with Crippen molar-refractivity contribution in [2.24, 2.45) is 23.8 Å². The number of nitrogens with zero attached hydrogens (tertiary/aromatic N) is 5. The van der Waals surface area contributed by atoms with E-state index in [-0.39, 0.29) is 43.6 Å². The van der Waals surface area contributed by atoms with E-state index in [2.05, 4.69) is 10.3 Å². The number of likely N-dealkylation sites (tertiary alicyclic amines) is 1. The summed E-state index contributed by atoms with van der Waals surface area (Å²) in [5, 5.41) is 18.7. The highest BCUT2D eigenvalue weighted by Gasteiger charge is 2.54. The van der Waals surface area contributed by atoms with Gasteiger partial charge in [-0.25, -0.2) is 4.68 Å². The predicted molar refractivity (Wildman–Crippen MR) is 193 cm³/mol. The van der Waals surface area contributed by atoms with Crippen molar-refractivity contribution in [1.29, 1.82) is 0 Å². The zero-order chi connectivity index (χ0) is 37.5. The molecule has 4 aliphatic rings. The van der Waals surface area contributed by atoms with E-state index in [9.17, 15) is 14.7 Å². The Hall–Kier alpha value is -4.36. The molecular weight excluding hydrogens is 702 g/mol. The van der Waals surface area contributed by atoms with Crippen LogP contribution in [0.1, 0.15) is 86.0 Å². The molecule has 53 heavy (non-hydrogen) atoms. The Kier molecular flexibility index (Phi) is 10.3. The highest BCUT2D eigenvalue weighted by molar-refractivity contribution is 6.31. The highest BCUT2D eigenvalue weighted by atomic mass is 35.5. The second-order valence-electron chi connectivity index (χ2n) is 15.2. The van der Waals surface area contributed by atoms with Gasteiger partial charge in [-0.2, -0.15) is 0 Å². The lowest BCUT2D eigenvalue weighted by atomic mass is 9.66. The molecule has 13 nitrogen and oxygen atoms in total. The van der Waals surface area contributed by atoms with Crippen molar-refractivity contribution in [3.8, 4) is 17.2 Å². The summed E-state index contributed by atoms with van der Waals surface area (Å²) in [7, 11) is 4.83. The summed E-state index contributed by atoms with van der Waals surface area (Å²) in [5.74, 6) is 0.569. The number of methoxy groups -OCH3 is 2. The molecule has 2 aliphatic heterocycles. The first-order valence-corrected chi connectivity index (χ1v) is 18.8. The summed E-state index contributed by atoms with van der Waals surface area (Å²) in [4.78, 5) is 46.3. The topological polar surface area (TPSA) is 146 Å². The van der Waals surface area contributed by atoms with E-state index in [1.807, 2.05) is 16.7 Å². The molecule has 3 fully saturated rings. The van der Waals surface area contributed by atoms with Crippen LogP contribution in [-0.4, -0.2) is 81.5 Å². The van der Waals surface area contributed by atoms with Gasteiger partial charge in [0, 0.05) is 55.3 Å². The number of esters is 1. The molecule has 1 spiro atoms. The van der Waals surface area contributed by atoms with Gasteiger partial charge in [0.15, 0.2) is 0 Å². The van der Waals surface area contributed by atoms with Crippen LogP contribution >= 0.6 is 11.6 Å². The molecular formula is C39H48ClN5O8. The van der Waals surface area contributed by atoms with Crippen LogP contribution in [0.15, 0.2) is 30.3 Å². The number of carbonyl (C=O) groups excluding carboxylic acids is 3. The number of aliphatic hydroxyl groups is 1. The highest BCUT2D eigenvalue weighted by Crippen LogP contribution is 2.54. The van der Waals surface area contributed by atoms with Gasteiger partial charge in [-0.1, -0.05) is 29.7 Å². The Labute approximate surface area is 314 Å². The number of benzene rings is 2. The summed E-state index contributed by atoms with van der Waals surface area (Å²) in [5.41, 5.74) is 2.30. The van der Waals surface area contributed by atoms with Crippen molar-refractivity contribution in [2.75, 3.05) is 33.9 Å². The number of aryl methyl sites for hydroxylation is 1. The largest absolute Gasteiger partial charge is 0.497 e. The maximum absolute atomic E-state index is 15.1. The van der Waals surface area contributed by atoms with Crippen LogP contribution in [0.2, 0.25) is 5.02 Å². The third-order valence-corrected chi connectivity index (χ3v) is 12.3. The van der Waals surface area contributed by atoms with Crippen molar-refractivity contribution in [3.63, 3.8) is 0 Å². The van der Waals surface area contributed by atoms with Gasteiger partial charge in [-0.05, 0) is 74.3 Å². The minimum absolute atomic E-state index is 0.00990. The lowest BCUT2D eigenvalue weighted by molar-refractivity contribution is -0.169. The van der Waals surface area contributed by atoms with Gasteiger partial charge in [0.2, 0.25) is 11.8 Å². The second-order valence-corrected chi connectivity index (χ2v) is 15.6. The van der Waals surface area contributed by atoms with Gasteiger partial charge in [-0.3, -0.25) is 14.4 Å². The normalized spacial score (nSPS) is 23.2. The van der Waals surface area contributed by atoms with Crippen molar-refractivity contribution in [1.82, 2.24) is 24.8 Å². The van der Waals surface area contributed by atoms with Crippen molar-refractivity contribution in [2.45, 2.75) is 84.2 Å². The molecule has 3 aromatic rings. The molecule has 2 aliphatic carbocycles. The summed E-state index contributed by atoms with van der Waals surface area (Å²) >= 11 is 6.86. The smallest absolute Gasteiger partial charge is 0.312 e. The van der Waals surface area contributed by atoms with E-state index in [0.29, 0.717) is 78.0 Å². The van der Waals surface area contributed by atoms with E-state index in [1.54, 1.807) is 51.6 Å². The van der Waals surface area contributed by atoms with Gasteiger partial charge in [-0.15, -0.1) is 5.10 Å². The molecule has 1 aromatic heterocycles. The van der Waals surface area contributed by atoms with Crippen LogP contribution in [-0.2, 0) is 52.4 Å². The van der Waals surface area contributed by atoms with Gasteiger partial charge >= 0.3 is 5.97 Å².